The molecule has 0 bridgehead atoms. The molecule has 1 unspecified atom stereocenters. The lowest BCUT2D eigenvalue weighted by Crippen LogP contribution is -2.27. The van der Waals surface area contributed by atoms with Crippen LogP contribution in [-0.4, -0.2) is 26.0 Å². The molecule has 112 valence electrons. The molecule has 0 radical (unpaired) electrons. The van der Waals surface area contributed by atoms with E-state index < -0.39 is 6.10 Å². The Hall–Kier alpha value is -2.28. The fourth-order valence-electron chi connectivity index (χ4n) is 1.73. The summed E-state index contributed by atoms with van der Waals surface area (Å²) in [6.45, 7) is 3.49. The summed E-state index contributed by atoms with van der Waals surface area (Å²) in [5.74, 6) is -0.558. The molecule has 0 aliphatic rings. The Balaban J connectivity index is 1.88. The van der Waals surface area contributed by atoms with Gasteiger partial charge in [0.15, 0.2) is 0 Å². The molecule has 1 heterocycles. The van der Waals surface area contributed by atoms with Crippen molar-refractivity contribution >= 4 is 5.91 Å². The molecule has 1 amide bonds. The molecule has 1 aromatic heterocycles. The van der Waals surface area contributed by atoms with Gasteiger partial charge in [0.25, 0.3) is 0 Å². The average Bonchev–Trinajstić information content (AvgIpc) is 2.89. The van der Waals surface area contributed by atoms with E-state index in [2.05, 4.69) is 15.6 Å². The smallest absolute Gasteiger partial charge is 0.242 e. The lowest BCUT2D eigenvalue weighted by Gasteiger charge is -2.06. The number of halogens is 1. The number of aliphatic hydroxyl groups is 1. The molecule has 0 aliphatic carbocycles. The number of aryl methyl sites for hydroxylation is 1. The molecular formula is C14H17FN4O2. The van der Waals surface area contributed by atoms with Gasteiger partial charge in [0.2, 0.25) is 5.91 Å². The van der Waals surface area contributed by atoms with Gasteiger partial charge in [0.05, 0.1) is 12.3 Å². The van der Waals surface area contributed by atoms with Crippen LogP contribution in [-0.2, 0) is 17.9 Å². The van der Waals surface area contributed by atoms with Crippen LogP contribution < -0.4 is 5.32 Å². The van der Waals surface area contributed by atoms with Crippen molar-refractivity contribution in [2.45, 2.75) is 33.0 Å². The minimum atomic E-state index is -0.725. The van der Waals surface area contributed by atoms with Gasteiger partial charge in [0, 0.05) is 6.54 Å². The van der Waals surface area contributed by atoms with E-state index in [1.807, 2.05) is 0 Å². The van der Waals surface area contributed by atoms with E-state index in [-0.39, 0.29) is 24.8 Å². The Kier molecular flexibility index (Phi) is 4.64. The van der Waals surface area contributed by atoms with E-state index in [1.54, 1.807) is 26.0 Å². The molecule has 0 spiro atoms. The monoisotopic (exact) mass is 292 g/mol. The summed E-state index contributed by atoms with van der Waals surface area (Å²) in [7, 11) is 0. The highest BCUT2D eigenvalue weighted by atomic mass is 19.1. The van der Waals surface area contributed by atoms with Crippen molar-refractivity contribution in [3.63, 3.8) is 0 Å². The molecule has 0 aliphatic heterocycles. The van der Waals surface area contributed by atoms with E-state index in [4.69, 9.17) is 0 Å². The lowest BCUT2D eigenvalue weighted by atomic mass is 10.1. The number of carbonyl (C=O) groups excluding carboxylic acids is 1. The summed E-state index contributed by atoms with van der Waals surface area (Å²) < 4.78 is 14.7. The predicted molar refractivity (Wildman–Crippen MR) is 73.6 cm³/mol. The Morgan fingerprint density at radius 3 is 2.90 bits per heavy atom. The highest BCUT2D eigenvalue weighted by Gasteiger charge is 2.09. The normalized spacial score (nSPS) is 12.2. The zero-order valence-electron chi connectivity index (χ0n) is 11.9. The Morgan fingerprint density at radius 2 is 2.29 bits per heavy atom. The zero-order chi connectivity index (χ0) is 15.4. The molecule has 21 heavy (non-hydrogen) atoms. The number of benzene rings is 1. The third-order valence-electron chi connectivity index (χ3n) is 3.02. The van der Waals surface area contributed by atoms with Gasteiger partial charge in [-0.25, -0.2) is 9.07 Å². The maximum atomic E-state index is 13.4. The van der Waals surface area contributed by atoms with Gasteiger partial charge < -0.3 is 10.4 Å². The van der Waals surface area contributed by atoms with E-state index in [1.165, 1.54) is 16.9 Å². The summed E-state index contributed by atoms with van der Waals surface area (Å²) in [5.41, 5.74) is 1.66. The molecule has 6 nitrogen and oxygen atoms in total. The highest BCUT2D eigenvalue weighted by molar-refractivity contribution is 5.75. The topological polar surface area (TPSA) is 80.0 Å². The van der Waals surface area contributed by atoms with Gasteiger partial charge in [-0.15, -0.1) is 5.10 Å². The van der Waals surface area contributed by atoms with Crippen LogP contribution in [0.4, 0.5) is 4.39 Å². The number of aromatic nitrogens is 3. The summed E-state index contributed by atoms with van der Waals surface area (Å²) in [5, 5.41) is 19.5. The quantitative estimate of drug-likeness (QED) is 0.864. The first kappa shape index (κ1) is 15.1. The maximum absolute atomic E-state index is 13.4. The van der Waals surface area contributed by atoms with Crippen molar-refractivity contribution in [2.24, 2.45) is 0 Å². The van der Waals surface area contributed by atoms with Crippen LogP contribution in [0.3, 0.4) is 0 Å². The third-order valence-corrected chi connectivity index (χ3v) is 3.02. The second-order valence-electron chi connectivity index (χ2n) is 4.88. The van der Waals surface area contributed by atoms with Crippen LogP contribution in [0.1, 0.15) is 29.8 Å². The molecule has 0 saturated carbocycles. The number of hydrogen-bond donors (Lipinski definition) is 2. The van der Waals surface area contributed by atoms with Gasteiger partial charge >= 0.3 is 0 Å². The molecule has 2 rings (SSSR count). The molecule has 1 atom stereocenters. The van der Waals surface area contributed by atoms with Crippen LogP contribution in [0.15, 0.2) is 24.4 Å². The third kappa shape index (κ3) is 4.09. The van der Waals surface area contributed by atoms with Gasteiger partial charge in [-0.2, -0.15) is 0 Å². The van der Waals surface area contributed by atoms with Crippen molar-refractivity contribution in [2.75, 3.05) is 0 Å². The van der Waals surface area contributed by atoms with Crippen molar-refractivity contribution in [3.8, 4) is 0 Å². The fourth-order valence-corrected chi connectivity index (χ4v) is 1.73. The predicted octanol–water partition coefficient (Wildman–Crippen LogP) is 1.10. The molecular weight excluding hydrogens is 275 g/mol. The van der Waals surface area contributed by atoms with Crippen LogP contribution in [0.2, 0.25) is 0 Å². The molecule has 0 saturated heterocycles. The molecule has 1 aromatic carbocycles. The Labute approximate surface area is 121 Å². The van der Waals surface area contributed by atoms with Crippen molar-refractivity contribution in [3.05, 3.63) is 47.0 Å². The minimum Gasteiger partial charge on any atom is -0.387 e. The summed E-state index contributed by atoms with van der Waals surface area (Å²) >= 11 is 0. The van der Waals surface area contributed by atoms with Crippen molar-refractivity contribution < 1.29 is 14.3 Å². The first-order chi connectivity index (χ1) is 9.95. The van der Waals surface area contributed by atoms with Gasteiger partial charge in [0.1, 0.15) is 18.1 Å². The average molecular weight is 292 g/mol. The van der Waals surface area contributed by atoms with Crippen molar-refractivity contribution in [1.29, 1.82) is 0 Å². The van der Waals surface area contributed by atoms with Crippen LogP contribution in [0.25, 0.3) is 0 Å². The van der Waals surface area contributed by atoms with Crippen LogP contribution in [0.5, 0.6) is 0 Å². The molecule has 2 N–H and O–H groups in total. The number of carbonyl (C=O) groups is 1. The largest absolute Gasteiger partial charge is 0.387 e. The standard InChI is InChI=1S/C14H17FN4O2/c1-9-3-4-11(5-12(9)15)6-16-14(21)8-19-7-13(10(2)20)17-18-19/h3-5,7,10,20H,6,8H2,1-2H3,(H,16,21). The first-order valence-corrected chi connectivity index (χ1v) is 6.55. The minimum absolute atomic E-state index is 0.00589. The zero-order valence-corrected chi connectivity index (χ0v) is 11.9. The van der Waals surface area contributed by atoms with E-state index >= 15 is 0 Å². The number of rotatable bonds is 5. The van der Waals surface area contributed by atoms with Crippen LogP contribution >= 0.6 is 0 Å². The molecule has 2 aromatic rings. The second-order valence-corrected chi connectivity index (χ2v) is 4.88. The number of amides is 1. The maximum Gasteiger partial charge on any atom is 0.242 e. The van der Waals surface area contributed by atoms with Gasteiger partial charge in [-0.1, -0.05) is 17.3 Å². The summed E-state index contributed by atoms with van der Waals surface area (Å²) in [6.07, 6.45) is 0.785. The van der Waals surface area contributed by atoms with E-state index in [0.29, 0.717) is 16.8 Å². The van der Waals surface area contributed by atoms with Crippen LogP contribution in [0, 0.1) is 12.7 Å². The highest BCUT2D eigenvalue weighted by Crippen LogP contribution is 2.09. The number of hydrogen-bond acceptors (Lipinski definition) is 4. The van der Waals surface area contributed by atoms with Gasteiger partial charge in [-0.3, -0.25) is 4.79 Å². The number of nitrogens with one attached hydrogen (secondary N) is 1. The van der Waals surface area contributed by atoms with E-state index in [0.717, 1.165) is 0 Å². The molecule has 7 heteroatoms. The number of nitrogens with zero attached hydrogens (tertiary/aromatic N) is 3. The Morgan fingerprint density at radius 1 is 1.52 bits per heavy atom. The van der Waals surface area contributed by atoms with Gasteiger partial charge in [-0.05, 0) is 31.0 Å². The molecule has 0 fully saturated rings. The number of aliphatic hydroxyl groups excluding tert-OH is 1. The second kappa shape index (κ2) is 6.45. The lowest BCUT2D eigenvalue weighted by molar-refractivity contribution is -0.122. The van der Waals surface area contributed by atoms with Crippen molar-refractivity contribution in [1.82, 2.24) is 20.3 Å². The Bertz CT molecular complexity index is 640. The summed E-state index contributed by atoms with van der Waals surface area (Å²) in [6, 6.07) is 4.83. The SMILES string of the molecule is Cc1ccc(CNC(=O)Cn2cc(C(C)O)nn2)cc1F. The fraction of sp³-hybridized carbons (Fsp3) is 0.357. The van der Waals surface area contributed by atoms with E-state index in [9.17, 15) is 14.3 Å². The summed E-state index contributed by atoms with van der Waals surface area (Å²) in [4.78, 5) is 11.8. The first-order valence-electron chi connectivity index (χ1n) is 6.55.